The van der Waals surface area contributed by atoms with Gasteiger partial charge in [0.1, 0.15) is 23.0 Å². The van der Waals surface area contributed by atoms with Crippen LogP contribution in [0.3, 0.4) is 0 Å². The van der Waals surface area contributed by atoms with Gasteiger partial charge in [0.15, 0.2) is 0 Å². The summed E-state index contributed by atoms with van der Waals surface area (Å²) in [4.78, 5) is 38.6. The minimum Gasteiger partial charge on any atom is -0.477 e. The number of ether oxygens (including phenoxy) is 1. The van der Waals surface area contributed by atoms with Crippen LogP contribution in [0.4, 0.5) is 10.1 Å². The van der Waals surface area contributed by atoms with E-state index in [0.717, 1.165) is 18.9 Å². The third kappa shape index (κ3) is 4.34. The number of hydrogen-bond acceptors (Lipinski definition) is 6. The van der Waals surface area contributed by atoms with Crippen molar-refractivity contribution in [2.45, 2.75) is 64.6 Å². The van der Waals surface area contributed by atoms with E-state index < -0.39 is 34.8 Å². The Morgan fingerprint density at radius 1 is 1.27 bits per heavy atom. The van der Waals surface area contributed by atoms with Gasteiger partial charge in [0.05, 0.1) is 11.2 Å². The largest absolute Gasteiger partial charge is 0.477 e. The second-order valence-electron chi connectivity index (χ2n) is 10.1. The Hall–Kier alpha value is -2.94. The number of aromatic carboxylic acids is 1. The SMILES string of the molecule is Cc1c(N2CCC(C(N)C(=O)OC(C)(C)C)C2)c(F)cc2c(=O)c(C(=O)O)cn(C3CC3)c12. The molecule has 178 valence electrons. The number of carbonyl (C=O) groups excluding carboxylic acids is 1. The molecule has 0 amide bonds. The van der Waals surface area contributed by atoms with Gasteiger partial charge in [-0.1, -0.05) is 0 Å². The Balaban J connectivity index is 1.72. The van der Waals surface area contributed by atoms with Gasteiger partial charge in [-0.15, -0.1) is 0 Å². The zero-order valence-electron chi connectivity index (χ0n) is 19.4. The van der Waals surface area contributed by atoms with Crippen molar-refractivity contribution in [1.82, 2.24) is 4.57 Å². The summed E-state index contributed by atoms with van der Waals surface area (Å²) in [6.45, 7) is 7.97. The molecule has 33 heavy (non-hydrogen) atoms. The maximum absolute atomic E-state index is 15.3. The summed E-state index contributed by atoms with van der Waals surface area (Å²) in [6.07, 6.45) is 3.73. The van der Waals surface area contributed by atoms with Gasteiger partial charge in [-0.3, -0.25) is 9.59 Å². The molecule has 2 fully saturated rings. The molecule has 1 aromatic carbocycles. The molecule has 1 saturated heterocycles. The van der Waals surface area contributed by atoms with Crippen LogP contribution >= 0.6 is 0 Å². The number of hydrogen-bond donors (Lipinski definition) is 2. The molecule has 0 spiro atoms. The van der Waals surface area contributed by atoms with E-state index in [1.165, 1.54) is 6.20 Å². The number of carboxylic acids is 1. The average Bonchev–Trinajstić information content (AvgIpc) is 3.44. The van der Waals surface area contributed by atoms with Gasteiger partial charge in [0.25, 0.3) is 0 Å². The number of carbonyl (C=O) groups is 2. The molecule has 4 rings (SSSR count). The Morgan fingerprint density at radius 3 is 2.52 bits per heavy atom. The molecule has 2 unspecified atom stereocenters. The monoisotopic (exact) mass is 459 g/mol. The Morgan fingerprint density at radius 2 is 1.94 bits per heavy atom. The number of rotatable bonds is 5. The van der Waals surface area contributed by atoms with E-state index in [4.69, 9.17) is 10.5 Å². The molecule has 1 saturated carbocycles. The lowest BCUT2D eigenvalue weighted by Crippen LogP contribution is -2.43. The van der Waals surface area contributed by atoms with Crippen molar-refractivity contribution >= 4 is 28.5 Å². The van der Waals surface area contributed by atoms with Gasteiger partial charge in [0, 0.05) is 36.6 Å². The fourth-order valence-corrected chi connectivity index (χ4v) is 4.70. The first-order valence-corrected chi connectivity index (χ1v) is 11.2. The average molecular weight is 460 g/mol. The number of carboxylic acid groups (broad SMARTS) is 1. The van der Waals surface area contributed by atoms with Crippen LogP contribution in [0.2, 0.25) is 0 Å². The first kappa shape index (κ1) is 23.2. The lowest BCUT2D eigenvalue weighted by molar-refractivity contribution is -0.157. The van der Waals surface area contributed by atoms with E-state index in [1.54, 1.807) is 32.3 Å². The van der Waals surface area contributed by atoms with Crippen LogP contribution in [-0.4, -0.2) is 46.3 Å². The highest BCUT2D eigenvalue weighted by Gasteiger charge is 2.36. The third-order valence-electron chi connectivity index (χ3n) is 6.38. The topological polar surface area (TPSA) is 115 Å². The molecule has 8 nitrogen and oxygen atoms in total. The highest BCUT2D eigenvalue weighted by atomic mass is 19.1. The lowest BCUT2D eigenvalue weighted by Gasteiger charge is -2.26. The fraction of sp³-hybridized carbons (Fsp3) is 0.542. The van der Waals surface area contributed by atoms with Crippen LogP contribution in [0.15, 0.2) is 17.1 Å². The van der Waals surface area contributed by atoms with Gasteiger partial charge >= 0.3 is 11.9 Å². The summed E-state index contributed by atoms with van der Waals surface area (Å²) in [6, 6.07) is 0.419. The summed E-state index contributed by atoms with van der Waals surface area (Å²) < 4.78 is 22.6. The molecule has 1 aliphatic carbocycles. The first-order valence-electron chi connectivity index (χ1n) is 11.2. The Bertz CT molecular complexity index is 1200. The normalized spacial score (nSPS) is 19.7. The van der Waals surface area contributed by atoms with Gasteiger partial charge in [0.2, 0.25) is 5.43 Å². The van der Waals surface area contributed by atoms with Gasteiger partial charge in [-0.05, 0) is 58.6 Å². The summed E-state index contributed by atoms with van der Waals surface area (Å²) >= 11 is 0. The van der Waals surface area contributed by atoms with Crippen LogP contribution in [0.1, 0.15) is 62.0 Å². The number of pyridine rings is 1. The standard InChI is InChI=1S/C24H30FN3O5/c1-12-19-15(21(29)16(22(30)31)11-28(19)14-5-6-14)9-17(25)20(12)27-8-7-13(10-27)18(26)23(32)33-24(2,3)4/h9,11,13-14,18H,5-8,10,26H2,1-4H3,(H,30,31). The Labute approximate surface area is 191 Å². The number of aryl methyl sites for hydroxylation is 1. The molecule has 1 aliphatic heterocycles. The minimum atomic E-state index is -1.32. The number of halogens is 1. The van der Waals surface area contributed by atoms with Crippen LogP contribution in [0, 0.1) is 18.7 Å². The summed E-state index contributed by atoms with van der Waals surface area (Å²) in [5, 5.41) is 9.52. The van der Waals surface area contributed by atoms with Crippen molar-refractivity contribution in [3.8, 4) is 0 Å². The number of nitrogens with zero attached hydrogens (tertiary/aromatic N) is 2. The van der Waals surface area contributed by atoms with E-state index in [0.29, 0.717) is 36.3 Å². The number of fused-ring (bicyclic) bond motifs is 1. The van der Waals surface area contributed by atoms with Gasteiger partial charge in [-0.25, -0.2) is 9.18 Å². The zero-order chi connectivity index (χ0) is 24.2. The van der Waals surface area contributed by atoms with E-state index in [2.05, 4.69) is 0 Å². The van der Waals surface area contributed by atoms with Gasteiger partial charge in [-0.2, -0.15) is 0 Å². The lowest BCUT2D eigenvalue weighted by atomic mass is 9.99. The van der Waals surface area contributed by atoms with Gasteiger partial charge < -0.3 is 25.0 Å². The molecule has 2 aromatic rings. The van der Waals surface area contributed by atoms with E-state index in [1.807, 2.05) is 4.90 Å². The fourth-order valence-electron chi connectivity index (χ4n) is 4.70. The highest BCUT2D eigenvalue weighted by Crippen LogP contribution is 2.40. The number of nitrogens with two attached hydrogens (primary N) is 1. The molecule has 2 aliphatic rings. The molecule has 9 heteroatoms. The molecule has 1 aromatic heterocycles. The summed E-state index contributed by atoms with van der Waals surface area (Å²) in [5.41, 5.74) is 5.99. The predicted molar refractivity (Wildman–Crippen MR) is 122 cm³/mol. The zero-order valence-corrected chi connectivity index (χ0v) is 19.4. The number of esters is 1. The second-order valence-corrected chi connectivity index (χ2v) is 10.1. The molecule has 0 radical (unpaired) electrons. The van der Waals surface area contributed by atoms with Crippen LogP contribution in [0.5, 0.6) is 0 Å². The maximum Gasteiger partial charge on any atom is 0.341 e. The third-order valence-corrected chi connectivity index (χ3v) is 6.38. The first-order chi connectivity index (χ1) is 15.4. The smallest absolute Gasteiger partial charge is 0.341 e. The number of anilines is 1. The maximum atomic E-state index is 15.3. The molecular formula is C24H30FN3O5. The minimum absolute atomic E-state index is 0.0711. The molecule has 0 bridgehead atoms. The van der Waals surface area contributed by atoms with E-state index in [-0.39, 0.29) is 22.9 Å². The van der Waals surface area contributed by atoms with Crippen molar-refractivity contribution in [2.75, 3.05) is 18.0 Å². The van der Waals surface area contributed by atoms with Crippen molar-refractivity contribution in [3.05, 3.63) is 39.4 Å². The van der Waals surface area contributed by atoms with Crippen LogP contribution in [-0.2, 0) is 9.53 Å². The van der Waals surface area contributed by atoms with Crippen LogP contribution in [0.25, 0.3) is 10.9 Å². The summed E-state index contributed by atoms with van der Waals surface area (Å²) in [7, 11) is 0. The molecule has 3 N–H and O–H groups in total. The van der Waals surface area contributed by atoms with Crippen molar-refractivity contribution in [2.24, 2.45) is 11.7 Å². The number of benzene rings is 1. The predicted octanol–water partition coefficient (Wildman–Crippen LogP) is 2.98. The van der Waals surface area contributed by atoms with E-state index >= 15 is 4.39 Å². The molecule has 2 atom stereocenters. The molecular weight excluding hydrogens is 429 g/mol. The number of aromatic nitrogens is 1. The highest BCUT2D eigenvalue weighted by molar-refractivity contribution is 5.95. The van der Waals surface area contributed by atoms with Crippen molar-refractivity contribution in [1.29, 1.82) is 0 Å². The summed E-state index contributed by atoms with van der Waals surface area (Å²) in [5.74, 6) is -2.59. The second kappa shape index (κ2) is 8.13. The molecule has 2 heterocycles. The van der Waals surface area contributed by atoms with E-state index in [9.17, 15) is 19.5 Å². The quantitative estimate of drug-likeness (QED) is 0.661. The van der Waals surface area contributed by atoms with Crippen LogP contribution < -0.4 is 16.1 Å². The van der Waals surface area contributed by atoms with Crippen molar-refractivity contribution in [3.63, 3.8) is 0 Å². The Kier molecular flexibility index (Phi) is 5.72. The van der Waals surface area contributed by atoms with Crippen molar-refractivity contribution < 1.29 is 23.8 Å².